The Kier molecular flexibility index (Phi) is 2.92. The summed E-state index contributed by atoms with van der Waals surface area (Å²) in [7, 11) is 0. The van der Waals surface area contributed by atoms with Crippen LogP contribution in [0.15, 0.2) is 12.4 Å². The second-order valence-corrected chi connectivity index (χ2v) is 4.59. The van der Waals surface area contributed by atoms with Gasteiger partial charge in [-0.3, -0.25) is 14.2 Å². The van der Waals surface area contributed by atoms with Crippen molar-refractivity contribution in [2.24, 2.45) is 5.92 Å². The lowest BCUT2D eigenvalue weighted by Gasteiger charge is -2.17. The zero-order valence-electron chi connectivity index (χ0n) is 10.5. The third-order valence-electron chi connectivity index (χ3n) is 2.92. The van der Waals surface area contributed by atoms with Crippen molar-refractivity contribution in [3.63, 3.8) is 0 Å². The van der Waals surface area contributed by atoms with E-state index in [1.165, 1.54) is 0 Å². The second kappa shape index (κ2) is 4.24. The summed E-state index contributed by atoms with van der Waals surface area (Å²) in [6.07, 6.45) is 3.50. The van der Waals surface area contributed by atoms with Gasteiger partial charge in [0.2, 0.25) is 0 Å². The molecule has 1 unspecified atom stereocenters. The van der Waals surface area contributed by atoms with Crippen molar-refractivity contribution in [1.29, 1.82) is 0 Å². The van der Waals surface area contributed by atoms with E-state index < -0.39 is 0 Å². The SMILES string of the molecule is CC(=O)C(c1nccn2c(C)nnc12)C(C)C. The standard InChI is InChI=1S/C12H16N4O/c1-7(2)10(8(3)17)11-12-15-14-9(4)16(12)6-5-13-11/h5-7,10H,1-4H3. The van der Waals surface area contributed by atoms with E-state index in [1.54, 1.807) is 13.1 Å². The van der Waals surface area contributed by atoms with Gasteiger partial charge in [-0.2, -0.15) is 0 Å². The molecule has 0 bridgehead atoms. The van der Waals surface area contributed by atoms with Gasteiger partial charge in [-0.05, 0) is 19.8 Å². The molecule has 0 aromatic carbocycles. The predicted octanol–water partition coefficient (Wildman–Crippen LogP) is 1.76. The molecule has 17 heavy (non-hydrogen) atoms. The van der Waals surface area contributed by atoms with Gasteiger partial charge >= 0.3 is 0 Å². The fourth-order valence-corrected chi connectivity index (χ4v) is 2.16. The number of hydrogen-bond acceptors (Lipinski definition) is 4. The van der Waals surface area contributed by atoms with Crippen molar-refractivity contribution in [2.45, 2.75) is 33.6 Å². The third-order valence-corrected chi connectivity index (χ3v) is 2.92. The molecule has 2 aromatic heterocycles. The Labute approximate surface area is 99.9 Å². The fourth-order valence-electron chi connectivity index (χ4n) is 2.16. The van der Waals surface area contributed by atoms with Gasteiger partial charge < -0.3 is 0 Å². The molecular formula is C12H16N4O. The van der Waals surface area contributed by atoms with Crippen LogP contribution in [0, 0.1) is 12.8 Å². The summed E-state index contributed by atoms with van der Waals surface area (Å²) in [6.45, 7) is 7.50. The Morgan fingerprint density at radius 2 is 2.06 bits per heavy atom. The molecule has 2 heterocycles. The molecule has 0 saturated carbocycles. The van der Waals surface area contributed by atoms with Gasteiger partial charge in [0.15, 0.2) is 5.65 Å². The maximum Gasteiger partial charge on any atom is 0.183 e. The van der Waals surface area contributed by atoms with Crippen molar-refractivity contribution in [1.82, 2.24) is 19.6 Å². The molecule has 2 rings (SSSR count). The lowest BCUT2D eigenvalue weighted by Crippen LogP contribution is -2.18. The smallest absolute Gasteiger partial charge is 0.183 e. The minimum absolute atomic E-state index is 0.112. The molecule has 5 heteroatoms. The van der Waals surface area contributed by atoms with Gasteiger partial charge in [0.1, 0.15) is 11.6 Å². The molecule has 0 N–H and O–H groups in total. The molecule has 0 fully saturated rings. The number of nitrogens with zero attached hydrogens (tertiary/aromatic N) is 4. The molecule has 0 radical (unpaired) electrons. The van der Waals surface area contributed by atoms with Crippen LogP contribution >= 0.6 is 0 Å². The number of carbonyl (C=O) groups excluding carboxylic acids is 1. The van der Waals surface area contributed by atoms with E-state index in [1.807, 2.05) is 31.4 Å². The molecule has 0 aliphatic carbocycles. The molecule has 90 valence electrons. The highest BCUT2D eigenvalue weighted by atomic mass is 16.1. The summed E-state index contributed by atoms with van der Waals surface area (Å²) >= 11 is 0. The molecule has 0 aliphatic heterocycles. The van der Waals surface area contributed by atoms with Crippen molar-refractivity contribution in [3.05, 3.63) is 23.9 Å². The van der Waals surface area contributed by atoms with Crippen LogP contribution in [0.3, 0.4) is 0 Å². The number of aromatic nitrogens is 4. The zero-order valence-corrected chi connectivity index (χ0v) is 10.5. The molecule has 1 atom stereocenters. The van der Waals surface area contributed by atoms with Crippen LogP contribution in [-0.4, -0.2) is 25.4 Å². The number of fused-ring (bicyclic) bond motifs is 1. The van der Waals surface area contributed by atoms with Gasteiger partial charge in [0.25, 0.3) is 0 Å². The molecule has 0 saturated heterocycles. The molecule has 0 amide bonds. The number of hydrogen-bond donors (Lipinski definition) is 0. The molecule has 0 aliphatic rings. The van der Waals surface area contributed by atoms with Gasteiger partial charge in [-0.25, -0.2) is 0 Å². The monoisotopic (exact) mass is 232 g/mol. The Hall–Kier alpha value is -1.78. The summed E-state index contributed by atoms with van der Waals surface area (Å²) in [5.74, 6) is 0.890. The molecular weight excluding hydrogens is 216 g/mol. The van der Waals surface area contributed by atoms with E-state index in [-0.39, 0.29) is 17.6 Å². The van der Waals surface area contributed by atoms with Crippen LogP contribution in [0.4, 0.5) is 0 Å². The number of ketones is 1. The van der Waals surface area contributed by atoms with Crippen LogP contribution in [0.2, 0.25) is 0 Å². The number of carbonyl (C=O) groups is 1. The topological polar surface area (TPSA) is 60.2 Å². The van der Waals surface area contributed by atoms with E-state index in [9.17, 15) is 4.79 Å². The number of rotatable bonds is 3. The first-order valence-corrected chi connectivity index (χ1v) is 5.69. The predicted molar refractivity (Wildman–Crippen MR) is 63.8 cm³/mol. The summed E-state index contributed by atoms with van der Waals surface area (Å²) in [6, 6.07) is 0. The van der Waals surface area contributed by atoms with E-state index in [0.717, 1.165) is 11.5 Å². The van der Waals surface area contributed by atoms with E-state index in [0.29, 0.717) is 5.65 Å². The molecule has 2 aromatic rings. The average Bonchev–Trinajstić information content (AvgIpc) is 2.61. The van der Waals surface area contributed by atoms with Crippen LogP contribution in [0.1, 0.15) is 38.2 Å². The Bertz CT molecular complexity index is 559. The first-order chi connectivity index (χ1) is 8.02. The van der Waals surface area contributed by atoms with Crippen LogP contribution in [-0.2, 0) is 4.79 Å². The van der Waals surface area contributed by atoms with Gasteiger partial charge in [-0.15, -0.1) is 10.2 Å². The average molecular weight is 232 g/mol. The minimum atomic E-state index is -0.220. The van der Waals surface area contributed by atoms with Crippen LogP contribution in [0.25, 0.3) is 5.65 Å². The normalized spacial score (nSPS) is 13.2. The highest BCUT2D eigenvalue weighted by molar-refractivity contribution is 5.84. The van der Waals surface area contributed by atoms with Gasteiger partial charge in [-0.1, -0.05) is 13.8 Å². The van der Waals surface area contributed by atoms with Gasteiger partial charge in [0.05, 0.1) is 11.6 Å². The quantitative estimate of drug-likeness (QED) is 0.809. The van der Waals surface area contributed by atoms with Crippen molar-refractivity contribution in [2.75, 3.05) is 0 Å². The van der Waals surface area contributed by atoms with Crippen LogP contribution in [0.5, 0.6) is 0 Å². The Morgan fingerprint density at radius 1 is 1.35 bits per heavy atom. The second-order valence-electron chi connectivity index (χ2n) is 4.59. The highest BCUT2D eigenvalue weighted by Gasteiger charge is 2.25. The highest BCUT2D eigenvalue weighted by Crippen LogP contribution is 2.26. The summed E-state index contributed by atoms with van der Waals surface area (Å²) in [4.78, 5) is 16.1. The van der Waals surface area contributed by atoms with E-state index in [2.05, 4.69) is 15.2 Å². The van der Waals surface area contributed by atoms with Crippen molar-refractivity contribution >= 4 is 11.4 Å². The zero-order chi connectivity index (χ0) is 12.6. The summed E-state index contributed by atoms with van der Waals surface area (Å²) in [5, 5.41) is 8.12. The van der Waals surface area contributed by atoms with Crippen molar-refractivity contribution in [3.8, 4) is 0 Å². The fraction of sp³-hybridized carbons (Fsp3) is 0.500. The Morgan fingerprint density at radius 3 is 2.65 bits per heavy atom. The van der Waals surface area contributed by atoms with E-state index >= 15 is 0 Å². The first-order valence-electron chi connectivity index (χ1n) is 5.69. The maximum atomic E-state index is 11.7. The lowest BCUT2D eigenvalue weighted by molar-refractivity contribution is -0.119. The van der Waals surface area contributed by atoms with Crippen LogP contribution < -0.4 is 0 Å². The first kappa shape index (κ1) is 11.7. The lowest BCUT2D eigenvalue weighted by atomic mass is 9.89. The van der Waals surface area contributed by atoms with E-state index in [4.69, 9.17) is 0 Å². The Balaban J connectivity index is 2.65. The minimum Gasteiger partial charge on any atom is -0.299 e. The molecule has 0 spiro atoms. The van der Waals surface area contributed by atoms with Crippen molar-refractivity contribution < 1.29 is 4.79 Å². The largest absolute Gasteiger partial charge is 0.299 e. The molecule has 5 nitrogen and oxygen atoms in total. The third kappa shape index (κ3) is 1.92. The number of aryl methyl sites for hydroxylation is 1. The summed E-state index contributed by atoms with van der Waals surface area (Å²) in [5.41, 5.74) is 1.40. The number of Topliss-reactive ketones (excluding diaryl/α,β-unsaturated/α-hetero) is 1. The summed E-state index contributed by atoms with van der Waals surface area (Å²) < 4.78 is 1.86. The van der Waals surface area contributed by atoms with Gasteiger partial charge in [0, 0.05) is 12.4 Å². The maximum absolute atomic E-state index is 11.7.